The van der Waals surface area contributed by atoms with Crippen molar-refractivity contribution in [1.29, 1.82) is 0 Å². The zero-order chi connectivity index (χ0) is 20.7. The summed E-state index contributed by atoms with van der Waals surface area (Å²) in [6.07, 6.45) is 2.88. The fourth-order valence-corrected chi connectivity index (χ4v) is 4.54. The highest BCUT2D eigenvalue weighted by molar-refractivity contribution is 7.11. The molecular weight excluding hydrogens is 402 g/mol. The molecule has 0 unspecified atom stereocenters. The van der Waals surface area contributed by atoms with Gasteiger partial charge in [0.05, 0.1) is 23.2 Å². The van der Waals surface area contributed by atoms with E-state index in [1.807, 2.05) is 31.2 Å². The van der Waals surface area contributed by atoms with E-state index in [1.54, 1.807) is 16.3 Å². The Morgan fingerprint density at radius 1 is 1.30 bits per heavy atom. The summed E-state index contributed by atoms with van der Waals surface area (Å²) in [7, 11) is 0. The molecule has 1 fully saturated rings. The first-order valence-electron chi connectivity index (χ1n) is 9.85. The van der Waals surface area contributed by atoms with Gasteiger partial charge in [0.2, 0.25) is 5.95 Å². The molecule has 0 aliphatic heterocycles. The van der Waals surface area contributed by atoms with E-state index >= 15 is 0 Å². The van der Waals surface area contributed by atoms with Crippen molar-refractivity contribution in [2.45, 2.75) is 44.2 Å². The quantitative estimate of drug-likeness (QED) is 0.463. The van der Waals surface area contributed by atoms with E-state index in [9.17, 15) is 9.90 Å². The Balaban J connectivity index is 1.42. The van der Waals surface area contributed by atoms with Crippen molar-refractivity contribution in [3.05, 3.63) is 52.5 Å². The van der Waals surface area contributed by atoms with Gasteiger partial charge in [-0.3, -0.25) is 4.79 Å². The number of benzene rings is 1. The molecule has 1 saturated carbocycles. The van der Waals surface area contributed by atoms with Gasteiger partial charge in [0.25, 0.3) is 5.91 Å². The monoisotopic (exact) mass is 423 g/mol. The molecule has 154 valence electrons. The molecule has 0 spiro atoms. The van der Waals surface area contributed by atoms with E-state index < -0.39 is 6.10 Å². The van der Waals surface area contributed by atoms with Gasteiger partial charge in [-0.05, 0) is 38.3 Å². The number of hydrogen-bond donors (Lipinski definition) is 3. The number of carbonyl (C=O) groups excluding carboxylic acids is 1. The largest absolute Gasteiger partial charge is 0.391 e. The zero-order valence-electron chi connectivity index (χ0n) is 16.3. The van der Waals surface area contributed by atoms with Crippen molar-refractivity contribution in [2.24, 2.45) is 0 Å². The van der Waals surface area contributed by atoms with E-state index in [1.165, 1.54) is 11.3 Å². The summed E-state index contributed by atoms with van der Waals surface area (Å²) in [6, 6.07) is 7.44. The Hall–Kier alpha value is -3.11. The van der Waals surface area contributed by atoms with Crippen molar-refractivity contribution in [2.75, 3.05) is 0 Å². The second-order valence-corrected chi connectivity index (χ2v) is 8.40. The van der Waals surface area contributed by atoms with E-state index in [0.717, 1.165) is 23.3 Å². The Bertz CT molecular complexity index is 1150. The molecular formula is C20H21N7O2S. The standard InChI is InChI=1S/C20H21N7O2S/c1-11-22-17(27(26-11)20-24-13-4-2-3-5-14(13)25-20)12-6-7-16(28)15(10-12)23-18(29)19-21-8-9-30-19/h2-5,8-9,12,15-16,28H,6-7,10H2,1H3,(H,23,29)(H,24,25)/t12-,15+,16+/m0/s1. The third-order valence-electron chi connectivity index (χ3n) is 5.44. The van der Waals surface area contributed by atoms with Gasteiger partial charge in [-0.2, -0.15) is 4.68 Å². The van der Waals surface area contributed by atoms with Crippen LogP contribution in [0.3, 0.4) is 0 Å². The smallest absolute Gasteiger partial charge is 0.280 e. The first-order chi connectivity index (χ1) is 14.6. The first kappa shape index (κ1) is 18.9. The van der Waals surface area contributed by atoms with Gasteiger partial charge >= 0.3 is 0 Å². The van der Waals surface area contributed by atoms with Crippen LogP contribution in [0.15, 0.2) is 35.8 Å². The third kappa shape index (κ3) is 3.48. The topological polar surface area (TPSA) is 122 Å². The number of nitrogens with zero attached hydrogens (tertiary/aromatic N) is 5. The minimum Gasteiger partial charge on any atom is -0.391 e. The van der Waals surface area contributed by atoms with Crippen LogP contribution in [0.1, 0.15) is 46.6 Å². The third-order valence-corrected chi connectivity index (χ3v) is 6.21. The van der Waals surface area contributed by atoms with Crippen molar-refractivity contribution in [3.8, 4) is 5.95 Å². The van der Waals surface area contributed by atoms with Crippen LogP contribution in [-0.4, -0.2) is 52.9 Å². The van der Waals surface area contributed by atoms with Crippen molar-refractivity contribution >= 4 is 28.3 Å². The molecule has 0 bridgehead atoms. The minimum atomic E-state index is -0.603. The molecule has 3 heterocycles. The summed E-state index contributed by atoms with van der Waals surface area (Å²) in [6.45, 7) is 1.85. The molecule has 9 nitrogen and oxygen atoms in total. The van der Waals surface area contributed by atoms with Crippen molar-refractivity contribution < 1.29 is 9.90 Å². The molecule has 0 radical (unpaired) electrons. The van der Waals surface area contributed by atoms with E-state index in [4.69, 9.17) is 0 Å². The number of carbonyl (C=O) groups is 1. The maximum absolute atomic E-state index is 12.4. The van der Waals surface area contributed by atoms with Crippen LogP contribution in [0.4, 0.5) is 0 Å². The van der Waals surface area contributed by atoms with Gasteiger partial charge in [-0.1, -0.05) is 12.1 Å². The highest BCUT2D eigenvalue weighted by atomic mass is 32.1. The van der Waals surface area contributed by atoms with Gasteiger partial charge in [-0.15, -0.1) is 16.4 Å². The number of aromatic amines is 1. The van der Waals surface area contributed by atoms with Gasteiger partial charge < -0.3 is 15.4 Å². The SMILES string of the molecule is Cc1nc([C@H]2CC[C@@H](O)[C@H](NC(=O)c3nccs3)C2)n(-c2nc3ccccc3[nH]2)n1. The second-order valence-electron chi connectivity index (χ2n) is 7.50. The number of nitrogens with one attached hydrogen (secondary N) is 2. The Labute approximate surface area is 176 Å². The van der Waals surface area contributed by atoms with E-state index in [0.29, 0.717) is 29.6 Å². The molecule has 3 atom stereocenters. The maximum Gasteiger partial charge on any atom is 0.280 e. The van der Waals surface area contributed by atoms with Gasteiger partial charge in [0, 0.05) is 17.5 Å². The van der Waals surface area contributed by atoms with E-state index in [2.05, 4.69) is 30.4 Å². The number of aryl methyl sites for hydroxylation is 1. The molecule has 1 aromatic carbocycles. The van der Waals surface area contributed by atoms with Crippen LogP contribution in [0.5, 0.6) is 0 Å². The molecule has 4 aromatic rings. The summed E-state index contributed by atoms with van der Waals surface area (Å²) < 4.78 is 1.75. The summed E-state index contributed by atoms with van der Waals surface area (Å²) in [5, 5.41) is 20.1. The molecule has 30 heavy (non-hydrogen) atoms. The molecule has 0 saturated heterocycles. The number of fused-ring (bicyclic) bond motifs is 1. The highest BCUT2D eigenvalue weighted by Gasteiger charge is 2.34. The Morgan fingerprint density at radius 3 is 2.97 bits per heavy atom. The molecule has 1 aliphatic carbocycles. The molecule has 1 amide bonds. The minimum absolute atomic E-state index is 0.0319. The normalized spacial score (nSPS) is 21.7. The Morgan fingerprint density at radius 2 is 2.17 bits per heavy atom. The lowest BCUT2D eigenvalue weighted by Gasteiger charge is -2.33. The van der Waals surface area contributed by atoms with Crippen molar-refractivity contribution in [3.63, 3.8) is 0 Å². The fourth-order valence-electron chi connectivity index (χ4n) is 4.00. The number of thiazole rings is 1. The summed E-state index contributed by atoms with van der Waals surface area (Å²) in [5.41, 5.74) is 1.79. The molecule has 1 aliphatic rings. The Kier molecular flexibility index (Phi) is 4.80. The van der Waals surface area contributed by atoms with Gasteiger partial charge in [-0.25, -0.2) is 15.0 Å². The first-order valence-corrected chi connectivity index (χ1v) is 10.7. The number of imidazole rings is 1. The highest BCUT2D eigenvalue weighted by Crippen LogP contribution is 2.33. The average molecular weight is 424 g/mol. The molecule has 10 heteroatoms. The summed E-state index contributed by atoms with van der Waals surface area (Å²) in [4.78, 5) is 29.1. The number of amides is 1. The van der Waals surface area contributed by atoms with Crippen LogP contribution in [-0.2, 0) is 0 Å². The fraction of sp³-hybridized carbons (Fsp3) is 0.350. The number of para-hydroxylation sites is 2. The number of hydrogen-bond acceptors (Lipinski definition) is 7. The van der Waals surface area contributed by atoms with Crippen LogP contribution in [0, 0.1) is 6.92 Å². The number of rotatable bonds is 4. The predicted molar refractivity (Wildman–Crippen MR) is 112 cm³/mol. The molecule has 3 aromatic heterocycles. The van der Waals surface area contributed by atoms with Crippen LogP contribution >= 0.6 is 11.3 Å². The predicted octanol–water partition coefficient (Wildman–Crippen LogP) is 2.34. The van der Waals surface area contributed by atoms with E-state index in [-0.39, 0.29) is 17.9 Å². The lowest BCUT2D eigenvalue weighted by molar-refractivity contribution is 0.0670. The molecule has 3 N–H and O–H groups in total. The lowest BCUT2D eigenvalue weighted by atomic mass is 9.83. The zero-order valence-corrected chi connectivity index (χ0v) is 17.1. The molecule has 5 rings (SSSR count). The summed E-state index contributed by atoms with van der Waals surface area (Å²) in [5.74, 6) is 1.82. The van der Waals surface area contributed by atoms with Gasteiger partial charge in [0.1, 0.15) is 11.6 Å². The van der Waals surface area contributed by atoms with Crippen LogP contribution in [0.2, 0.25) is 0 Å². The number of aliphatic hydroxyl groups is 1. The number of H-pyrrole nitrogens is 1. The average Bonchev–Trinajstić information content (AvgIpc) is 3.48. The second kappa shape index (κ2) is 7.62. The summed E-state index contributed by atoms with van der Waals surface area (Å²) >= 11 is 1.28. The number of aliphatic hydroxyl groups excluding tert-OH is 1. The van der Waals surface area contributed by atoms with Crippen LogP contribution < -0.4 is 5.32 Å². The number of aromatic nitrogens is 6. The van der Waals surface area contributed by atoms with Gasteiger partial charge in [0.15, 0.2) is 5.01 Å². The lowest BCUT2D eigenvalue weighted by Crippen LogP contribution is -2.47. The van der Waals surface area contributed by atoms with Crippen molar-refractivity contribution in [1.82, 2.24) is 35.0 Å². The van der Waals surface area contributed by atoms with Crippen LogP contribution in [0.25, 0.3) is 17.0 Å². The maximum atomic E-state index is 12.4.